The number of aromatic carboxylic acids is 1. The van der Waals surface area contributed by atoms with E-state index in [1.54, 1.807) is 24.3 Å². The number of anilines is 2. The molecule has 0 radical (unpaired) electrons. The zero-order valence-electron chi connectivity index (χ0n) is 18.3. The Bertz CT molecular complexity index is 1440. The molecule has 0 aliphatic heterocycles. The Kier molecular flexibility index (Phi) is 6.17. The van der Waals surface area contributed by atoms with Gasteiger partial charge in [0.1, 0.15) is 5.75 Å². The fraction of sp³-hybridized carbons (Fsp3) is 0.130. The molecule has 172 valence electrons. The molecule has 0 amide bonds. The maximum atomic E-state index is 12.8. The van der Waals surface area contributed by atoms with Crippen LogP contribution in [0.3, 0.4) is 0 Å². The van der Waals surface area contributed by atoms with Gasteiger partial charge in [0.05, 0.1) is 6.54 Å². The summed E-state index contributed by atoms with van der Waals surface area (Å²) in [6, 6.07) is 17.0. The molecule has 11 nitrogen and oxygen atoms in total. The zero-order chi connectivity index (χ0) is 24.2. The number of carbonyl (C=O) groups is 1. The van der Waals surface area contributed by atoms with Gasteiger partial charge in [0.2, 0.25) is 11.8 Å². The van der Waals surface area contributed by atoms with E-state index in [1.165, 1.54) is 23.7 Å². The van der Waals surface area contributed by atoms with Crippen molar-refractivity contribution in [3.8, 4) is 11.6 Å². The molecule has 11 heteroatoms. The van der Waals surface area contributed by atoms with E-state index in [4.69, 9.17) is 9.84 Å². The minimum Gasteiger partial charge on any atom is -0.476 e. The van der Waals surface area contributed by atoms with Crippen molar-refractivity contribution >= 4 is 17.6 Å². The lowest BCUT2D eigenvalue weighted by Gasteiger charge is -2.14. The van der Waals surface area contributed by atoms with E-state index >= 15 is 0 Å². The average Bonchev–Trinajstić information content (AvgIpc) is 2.83. The smallest absolute Gasteiger partial charge is 0.356 e. The summed E-state index contributed by atoms with van der Waals surface area (Å²) in [7, 11) is 1.38. The van der Waals surface area contributed by atoms with Gasteiger partial charge in [0, 0.05) is 18.8 Å². The molecule has 0 atom stereocenters. The first kappa shape index (κ1) is 22.4. The number of nitrogens with one attached hydrogen (secondary N) is 1. The van der Waals surface area contributed by atoms with E-state index in [1.807, 2.05) is 31.2 Å². The van der Waals surface area contributed by atoms with Gasteiger partial charge < -0.3 is 15.2 Å². The zero-order valence-corrected chi connectivity index (χ0v) is 18.3. The molecule has 0 unspecified atom stereocenters. The SMILES string of the molecule is Cc1ccc(Cn2c(Nc3ccc(Oc4ccc(C(=O)O)nn4)cc3)nc(=O)n(C)c2=O)cc1. The molecule has 0 spiro atoms. The number of rotatable bonds is 7. The third-order valence-corrected chi connectivity index (χ3v) is 4.92. The molecule has 2 heterocycles. The van der Waals surface area contributed by atoms with Crippen molar-refractivity contribution in [3.05, 3.63) is 98.5 Å². The first-order valence-corrected chi connectivity index (χ1v) is 10.2. The molecular weight excluding hydrogens is 440 g/mol. The quantitative estimate of drug-likeness (QED) is 0.425. The summed E-state index contributed by atoms with van der Waals surface area (Å²) in [4.78, 5) is 39.8. The van der Waals surface area contributed by atoms with Crippen LogP contribution in [0.5, 0.6) is 11.6 Å². The van der Waals surface area contributed by atoms with Gasteiger partial charge in [-0.15, -0.1) is 10.2 Å². The number of hydrogen-bond acceptors (Lipinski definition) is 8. The third-order valence-electron chi connectivity index (χ3n) is 4.92. The molecule has 4 rings (SSSR count). The highest BCUT2D eigenvalue weighted by Crippen LogP contribution is 2.22. The number of hydrogen-bond donors (Lipinski definition) is 2. The molecule has 0 aliphatic carbocycles. The lowest BCUT2D eigenvalue weighted by molar-refractivity contribution is 0.0689. The number of aryl methyl sites for hydroxylation is 1. The fourth-order valence-electron chi connectivity index (χ4n) is 3.04. The molecule has 2 aromatic carbocycles. The third kappa shape index (κ3) is 4.99. The number of carboxylic acid groups (broad SMARTS) is 1. The van der Waals surface area contributed by atoms with Crippen LogP contribution < -0.4 is 21.4 Å². The molecule has 0 aliphatic rings. The van der Waals surface area contributed by atoms with Crippen molar-refractivity contribution in [3.63, 3.8) is 0 Å². The molecule has 0 bridgehead atoms. The molecule has 0 saturated carbocycles. The molecule has 4 aromatic rings. The second-order valence-electron chi connectivity index (χ2n) is 7.44. The lowest BCUT2D eigenvalue weighted by atomic mass is 10.1. The van der Waals surface area contributed by atoms with Crippen LogP contribution >= 0.6 is 0 Å². The maximum Gasteiger partial charge on any atom is 0.356 e. The van der Waals surface area contributed by atoms with Crippen molar-refractivity contribution in [2.24, 2.45) is 7.05 Å². The number of nitrogens with zero attached hydrogens (tertiary/aromatic N) is 5. The summed E-state index contributed by atoms with van der Waals surface area (Å²) < 4.78 is 7.90. The number of carboxylic acids is 1. The first-order chi connectivity index (χ1) is 16.3. The summed E-state index contributed by atoms with van der Waals surface area (Å²) >= 11 is 0. The Balaban J connectivity index is 1.56. The highest BCUT2D eigenvalue weighted by atomic mass is 16.5. The standard InChI is InChI=1S/C23H20N6O5/c1-14-3-5-15(6-4-14)13-29-21(25-22(32)28(2)23(29)33)24-16-7-9-17(10-8-16)34-19-12-11-18(20(30)31)26-27-19/h3-12H,13H2,1-2H3,(H,30,31)(H,24,25,32). The monoisotopic (exact) mass is 460 g/mol. The number of benzene rings is 2. The molecule has 2 N–H and O–H groups in total. The Morgan fingerprint density at radius 2 is 1.71 bits per heavy atom. The van der Waals surface area contributed by atoms with Gasteiger partial charge in [0.15, 0.2) is 5.69 Å². The van der Waals surface area contributed by atoms with Gasteiger partial charge in [-0.25, -0.2) is 19.0 Å². The van der Waals surface area contributed by atoms with E-state index < -0.39 is 17.3 Å². The van der Waals surface area contributed by atoms with Crippen LogP contribution in [0.2, 0.25) is 0 Å². The van der Waals surface area contributed by atoms with Crippen molar-refractivity contribution in [1.82, 2.24) is 24.3 Å². The van der Waals surface area contributed by atoms with Gasteiger partial charge in [-0.1, -0.05) is 29.8 Å². The highest BCUT2D eigenvalue weighted by Gasteiger charge is 2.12. The first-order valence-electron chi connectivity index (χ1n) is 10.2. The van der Waals surface area contributed by atoms with Crippen LogP contribution in [-0.2, 0) is 13.6 Å². The largest absolute Gasteiger partial charge is 0.476 e. The maximum absolute atomic E-state index is 12.8. The van der Waals surface area contributed by atoms with E-state index in [0.29, 0.717) is 11.4 Å². The van der Waals surface area contributed by atoms with Crippen molar-refractivity contribution in [2.45, 2.75) is 13.5 Å². The molecule has 0 fully saturated rings. The topological polar surface area (TPSA) is 141 Å². The summed E-state index contributed by atoms with van der Waals surface area (Å²) in [6.07, 6.45) is 0. The van der Waals surface area contributed by atoms with E-state index in [-0.39, 0.29) is 24.1 Å². The summed E-state index contributed by atoms with van der Waals surface area (Å²) in [5, 5.41) is 19.2. The Labute approximate surface area is 192 Å². The summed E-state index contributed by atoms with van der Waals surface area (Å²) in [5.41, 5.74) is 1.19. The van der Waals surface area contributed by atoms with Crippen LogP contribution in [0.15, 0.2) is 70.3 Å². The Morgan fingerprint density at radius 1 is 1.00 bits per heavy atom. The Morgan fingerprint density at radius 3 is 2.32 bits per heavy atom. The number of aromatic nitrogens is 5. The fourth-order valence-corrected chi connectivity index (χ4v) is 3.04. The summed E-state index contributed by atoms with van der Waals surface area (Å²) in [6.45, 7) is 2.20. The summed E-state index contributed by atoms with van der Waals surface area (Å²) in [5.74, 6) is -0.514. The molecule has 34 heavy (non-hydrogen) atoms. The van der Waals surface area contributed by atoms with Gasteiger partial charge in [-0.05, 0) is 42.8 Å². The van der Waals surface area contributed by atoms with E-state index in [2.05, 4.69) is 20.5 Å². The average molecular weight is 460 g/mol. The van der Waals surface area contributed by atoms with Crippen LogP contribution in [0.1, 0.15) is 21.6 Å². The normalized spacial score (nSPS) is 10.6. The second kappa shape index (κ2) is 9.36. The molecule has 0 saturated heterocycles. The molecular formula is C23H20N6O5. The van der Waals surface area contributed by atoms with Crippen LogP contribution in [0, 0.1) is 6.92 Å². The van der Waals surface area contributed by atoms with Gasteiger partial charge in [-0.3, -0.25) is 4.57 Å². The van der Waals surface area contributed by atoms with Crippen molar-refractivity contribution in [1.29, 1.82) is 0 Å². The highest BCUT2D eigenvalue weighted by molar-refractivity contribution is 5.84. The predicted octanol–water partition coefficient (Wildman–Crippen LogP) is 2.32. The predicted molar refractivity (Wildman–Crippen MR) is 123 cm³/mol. The number of ether oxygens (including phenoxy) is 1. The Hall–Kier alpha value is -4.80. The van der Waals surface area contributed by atoms with E-state index in [9.17, 15) is 14.4 Å². The van der Waals surface area contributed by atoms with Crippen LogP contribution in [0.25, 0.3) is 0 Å². The van der Waals surface area contributed by atoms with Crippen molar-refractivity contribution in [2.75, 3.05) is 5.32 Å². The minimum absolute atomic E-state index is 0.109. The second-order valence-corrected chi connectivity index (χ2v) is 7.44. The minimum atomic E-state index is -1.18. The van der Waals surface area contributed by atoms with Crippen LogP contribution in [-0.4, -0.2) is 35.4 Å². The van der Waals surface area contributed by atoms with E-state index in [0.717, 1.165) is 15.7 Å². The molecule has 2 aromatic heterocycles. The van der Waals surface area contributed by atoms with Gasteiger partial charge >= 0.3 is 17.3 Å². The van der Waals surface area contributed by atoms with Crippen molar-refractivity contribution < 1.29 is 14.6 Å². The van der Waals surface area contributed by atoms with Gasteiger partial charge in [0.25, 0.3) is 0 Å². The van der Waals surface area contributed by atoms with Crippen LogP contribution in [0.4, 0.5) is 11.6 Å². The lowest BCUT2D eigenvalue weighted by Crippen LogP contribution is -2.41. The van der Waals surface area contributed by atoms with Gasteiger partial charge in [-0.2, -0.15) is 4.98 Å².